The fourth-order valence-corrected chi connectivity index (χ4v) is 5.75. The third kappa shape index (κ3) is 5.28. The Morgan fingerprint density at radius 1 is 1.15 bits per heavy atom. The number of methoxy groups -OCH3 is 2. The number of thioether (sulfide) groups is 1. The molecule has 1 aromatic heterocycles. The fourth-order valence-electron chi connectivity index (χ4n) is 4.37. The van der Waals surface area contributed by atoms with Crippen LogP contribution in [-0.2, 0) is 11.2 Å². The Bertz CT molecular complexity index is 1030. The number of amides is 1. The molecule has 1 saturated heterocycles. The number of aliphatic hydroxyl groups is 1. The van der Waals surface area contributed by atoms with Gasteiger partial charge in [-0.05, 0) is 49.4 Å². The largest absolute Gasteiger partial charge is 0.497 e. The molecule has 176 valence electrons. The van der Waals surface area contributed by atoms with Crippen LogP contribution in [0.2, 0.25) is 0 Å². The normalized spacial score (nSPS) is 18.4. The van der Waals surface area contributed by atoms with Crippen molar-refractivity contribution < 1.29 is 23.8 Å². The van der Waals surface area contributed by atoms with Gasteiger partial charge in [0.2, 0.25) is 0 Å². The summed E-state index contributed by atoms with van der Waals surface area (Å²) in [5.41, 5.74) is 1.75. The van der Waals surface area contributed by atoms with Crippen LogP contribution in [0, 0.1) is 0 Å². The molecular formula is C25H29NO5S2. The van der Waals surface area contributed by atoms with Crippen molar-refractivity contribution in [3.63, 3.8) is 0 Å². The first-order valence-corrected chi connectivity index (χ1v) is 12.5. The van der Waals surface area contributed by atoms with Crippen molar-refractivity contribution in [1.29, 1.82) is 0 Å². The van der Waals surface area contributed by atoms with Crippen LogP contribution in [0.25, 0.3) is 17.4 Å². The lowest BCUT2D eigenvalue weighted by Gasteiger charge is -2.29. The molecule has 0 atom stereocenters. The van der Waals surface area contributed by atoms with Gasteiger partial charge in [0.15, 0.2) is 0 Å². The molecule has 0 spiro atoms. The number of nitrogens with zero attached hydrogens (tertiary/aromatic N) is 1. The summed E-state index contributed by atoms with van der Waals surface area (Å²) >= 11 is 6.91. The average molecular weight is 488 g/mol. The van der Waals surface area contributed by atoms with Gasteiger partial charge in [-0.25, -0.2) is 0 Å². The Balaban J connectivity index is 1.67. The van der Waals surface area contributed by atoms with Crippen LogP contribution in [0.4, 0.5) is 0 Å². The van der Waals surface area contributed by atoms with Gasteiger partial charge in [-0.1, -0.05) is 43.2 Å². The van der Waals surface area contributed by atoms with Crippen LogP contribution in [0.15, 0.2) is 33.6 Å². The predicted octanol–water partition coefficient (Wildman–Crippen LogP) is 5.42. The summed E-state index contributed by atoms with van der Waals surface area (Å²) < 4.78 is 17.6. The lowest BCUT2D eigenvalue weighted by Crippen LogP contribution is -2.39. The van der Waals surface area contributed by atoms with E-state index in [0.717, 1.165) is 36.8 Å². The zero-order valence-electron chi connectivity index (χ0n) is 19.0. The second-order valence-corrected chi connectivity index (χ2v) is 9.95. The van der Waals surface area contributed by atoms with Crippen molar-refractivity contribution >= 4 is 40.3 Å². The topological polar surface area (TPSA) is 72.1 Å². The summed E-state index contributed by atoms with van der Waals surface area (Å²) in [6.07, 6.45) is 8.54. The van der Waals surface area contributed by atoms with Crippen LogP contribution in [-0.4, -0.2) is 47.1 Å². The van der Waals surface area contributed by atoms with E-state index < -0.39 is 0 Å². The quantitative estimate of drug-likeness (QED) is 0.394. The molecule has 2 aliphatic rings. The van der Waals surface area contributed by atoms with E-state index in [4.69, 9.17) is 26.1 Å². The Hall–Kier alpha value is -2.29. The van der Waals surface area contributed by atoms with Crippen LogP contribution in [0.3, 0.4) is 0 Å². The van der Waals surface area contributed by atoms with E-state index in [0.29, 0.717) is 45.1 Å². The van der Waals surface area contributed by atoms with E-state index in [1.807, 2.05) is 18.2 Å². The number of benzene rings is 1. The fraction of sp³-hybridized carbons (Fsp3) is 0.440. The summed E-state index contributed by atoms with van der Waals surface area (Å²) in [5, 5.41) is 9.36. The summed E-state index contributed by atoms with van der Waals surface area (Å²) in [7, 11) is 3.21. The summed E-state index contributed by atoms with van der Waals surface area (Å²) in [4.78, 5) is 15.6. The maximum Gasteiger partial charge on any atom is 0.266 e. The van der Waals surface area contributed by atoms with Gasteiger partial charge in [0, 0.05) is 30.4 Å². The lowest BCUT2D eigenvalue weighted by atomic mass is 9.94. The molecule has 0 radical (unpaired) electrons. The number of thiocarbonyl (C=S) groups is 1. The van der Waals surface area contributed by atoms with Gasteiger partial charge in [-0.15, -0.1) is 0 Å². The first kappa shape index (κ1) is 23.9. The number of furan rings is 1. The molecule has 1 amide bonds. The minimum absolute atomic E-state index is 0.0361. The number of rotatable bonds is 8. The minimum Gasteiger partial charge on any atom is -0.497 e. The van der Waals surface area contributed by atoms with E-state index in [2.05, 4.69) is 0 Å². The Morgan fingerprint density at radius 3 is 2.48 bits per heavy atom. The van der Waals surface area contributed by atoms with Crippen molar-refractivity contribution in [2.75, 3.05) is 20.8 Å². The summed E-state index contributed by atoms with van der Waals surface area (Å²) in [6, 6.07) is 7.71. The number of aryl methyl sites for hydroxylation is 1. The Labute approximate surface area is 203 Å². The van der Waals surface area contributed by atoms with Crippen molar-refractivity contribution in [3.8, 4) is 22.8 Å². The lowest BCUT2D eigenvalue weighted by molar-refractivity contribution is -0.124. The molecule has 4 rings (SSSR count). The number of ether oxygens (including phenoxy) is 2. The van der Waals surface area contributed by atoms with Crippen LogP contribution >= 0.6 is 24.0 Å². The third-order valence-electron chi connectivity index (χ3n) is 6.11. The second-order valence-electron chi connectivity index (χ2n) is 8.27. The molecule has 6 nitrogen and oxygen atoms in total. The molecule has 0 unspecified atom stereocenters. The van der Waals surface area contributed by atoms with Crippen LogP contribution < -0.4 is 9.47 Å². The molecule has 1 aliphatic heterocycles. The highest BCUT2D eigenvalue weighted by Gasteiger charge is 2.37. The van der Waals surface area contributed by atoms with E-state index >= 15 is 0 Å². The van der Waals surface area contributed by atoms with E-state index in [-0.39, 0.29) is 18.6 Å². The minimum atomic E-state index is -0.0361. The van der Waals surface area contributed by atoms with E-state index in [1.165, 1.54) is 18.2 Å². The highest BCUT2D eigenvalue weighted by atomic mass is 32.2. The van der Waals surface area contributed by atoms with Gasteiger partial charge in [0.25, 0.3) is 5.91 Å². The number of carbonyl (C=O) groups is 1. The zero-order chi connectivity index (χ0) is 23.4. The molecule has 0 bridgehead atoms. The van der Waals surface area contributed by atoms with E-state index in [1.54, 1.807) is 31.3 Å². The van der Waals surface area contributed by atoms with Gasteiger partial charge in [0.05, 0.1) is 19.1 Å². The number of aliphatic hydroxyl groups excluding tert-OH is 1. The molecule has 33 heavy (non-hydrogen) atoms. The number of carbonyl (C=O) groups excluding carboxylic acids is 1. The van der Waals surface area contributed by atoms with Crippen LogP contribution in [0.5, 0.6) is 11.5 Å². The SMILES string of the molecule is COc1cc(OC)cc(-c2cc(CCCO)c(/C=C3\SC(=S)N(C4CCCCC4)C3=O)o2)c1. The third-order valence-corrected chi connectivity index (χ3v) is 7.44. The van der Waals surface area contributed by atoms with E-state index in [9.17, 15) is 9.90 Å². The molecule has 2 aromatic rings. The predicted molar refractivity (Wildman–Crippen MR) is 135 cm³/mol. The maximum absolute atomic E-state index is 13.2. The number of hydrogen-bond donors (Lipinski definition) is 1. The molecule has 1 aliphatic carbocycles. The second kappa shape index (κ2) is 10.8. The van der Waals surface area contributed by atoms with Gasteiger partial charge >= 0.3 is 0 Å². The molecule has 2 heterocycles. The first-order valence-electron chi connectivity index (χ1n) is 11.3. The molecule has 1 N–H and O–H groups in total. The van der Waals surface area contributed by atoms with Crippen LogP contribution in [0.1, 0.15) is 49.8 Å². The van der Waals surface area contributed by atoms with Gasteiger partial charge in [-0.3, -0.25) is 9.69 Å². The number of hydrogen-bond acceptors (Lipinski definition) is 7. The van der Waals surface area contributed by atoms with Crippen molar-refractivity contribution in [2.45, 2.75) is 51.0 Å². The Kier molecular flexibility index (Phi) is 7.78. The van der Waals surface area contributed by atoms with Crippen molar-refractivity contribution in [1.82, 2.24) is 4.90 Å². The molecule has 2 fully saturated rings. The van der Waals surface area contributed by atoms with Crippen molar-refractivity contribution in [3.05, 3.63) is 40.5 Å². The molecule has 8 heteroatoms. The van der Waals surface area contributed by atoms with Gasteiger partial charge in [0.1, 0.15) is 27.3 Å². The monoisotopic (exact) mass is 487 g/mol. The summed E-state index contributed by atoms with van der Waals surface area (Å²) in [5.74, 6) is 2.55. The highest BCUT2D eigenvalue weighted by Crippen LogP contribution is 2.39. The first-order chi connectivity index (χ1) is 16.0. The average Bonchev–Trinajstić information content (AvgIpc) is 3.37. The molecule has 1 aromatic carbocycles. The highest BCUT2D eigenvalue weighted by molar-refractivity contribution is 8.26. The smallest absolute Gasteiger partial charge is 0.266 e. The standard InChI is InChI=1S/C25H29NO5S2/c1-29-19-11-17(12-20(14-19)30-2)21-13-16(7-6-10-27)22(31-21)15-23-24(28)26(25(32)33-23)18-8-4-3-5-9-18/h11-15,18,27H,3-10H2,1-2H3/b23-15-. The molecular weight excluding hydrogens is 458 g/mol. The summed E-state index contributed by atoms with van der Waals surface area (Å²) in [6.45, 7) is 0.0801. The maximum atomic E-state index is 13.2. The van der Waals surface area contributed by atoms with Crippen molar-refractivity contribution in [2.24, 2.45) is 0 Å². The zero-order valence-corrected chi connectivity index (χ0v) is 20.6. The van der Waals surface area contributed by atoms with Gasteiger partial charge < -0.3 is 19.0 Å². The van der Waals surface area contributed by atoms with Gasteiger partial charge in [-0.2, -0.15) is 0 Å². The Morgan fingerprint density at radius 2 is 1.85 bits per heavy atom. The molecule has 1 saturated carbocycles.